The van der Waals surface area contributed by atoms with Gasteiger partial charge in [-0.2, -0.15) is 0 Å². The fraction of sp³-hybridized carbons (Fsp3) is 0.667. The summed E-state index contributed by atoms with van der Waals surface area (Å²) < 4.78 is 5.97. The van der Waals surface area contributed by atoms with Gasteiger partial charge in [0.1, 0.15) is 0 Å². The summed E-state index contributed by atoms with van der Waals surface area (Å²) in [5, 5.41) is 3.80. The Kier molecular flexibility index (Phi) is 4.13. The summed E-state index contributed by atoms with van der Waals surface area (Å²) in [6, 6.07) is 9.53. The normalized spacial score (nSPS) is 27.7. The van der Waals surface area contributed by atoms with E-state index in [1.807, 2.05) is 0 Å². The highest BCUT2D eigenvalue weighted by molar-refractivity contribution is 5.21. The molecular formula is C18H27NO. The Labute approximate surface area is 122 Å². The third kappa shape index (κ3) is 2.51. The molecule has 0 amide bonds. The van der Waals surface area contributed by atoms with Crippen LogP contribution in [0.4, 0.5) is 0 Å². The number of nitrogens with one attached hydrogen (secondary N) is 1. The Morgan fingerprint density at radius 1 is 1.20 bits per heavy atom. The van der Waals surface area contributed by atoms with Crippen LogP contribution in [0.25, 0.3) is 0 Å². The van der Waals surface area contributed by atoms with Crippen molar-refractivity contribution in [1.29, 1.82) is 0 Å². The number of ether oxygens (including phenoxy) is 1. The van der Waals surface area contributed by atoms with E-state index in [0.29, 0.717) is 17.6 Å². The maximum atomic E-state index is 5.97. The summed E-state index contributed by atoms with van der Waals surface area (Å²) in [7, 11) is 0. The van der Waals surface area contributed by atoms with Gasteiger partial charge < -0.3 is 10.1 Å². The quantitative estimate of drug-likeness (QED) is 0.880. The molecule has 0 aromatic heterocycles. The van der Waals surface area contributed by atoms with E-state index in [4.69, 9.17) is 4.74 Å². The first kappa shape index (κ1) is 14.1. The van der Waals surface area contributed by atoms with Crippen LogP contribution in [-0.4, -0.2) is 18.8 Å². The topological polar surface area (TPSA) is 21.3 Å². The third-order valence-corrected chi connectivity index (χ3v) is 5.36. The highest BCUT2D eigenvalue weighted by atomic mass is 16.5. The lowest BCUT2D eigenvalue weighted by atomic mass is 9.60. The van der Waals surface area contributed by atoms with Crippen LogP contribution in [0, 0.1) is 12.3 Å². The molecule has 2 fully saturated rings. The van der Waals surface area contributed by atoms with Gasteiger partial charge >= 0.3 is 0 Å². The van der Waals surface area contributed by atoms with E-state index in [1.54, 1.807) is 0 Å². The summed E-state index contributed by atoms with van der Waals surface area (Å²) in [4.78, 5) is 0. The summed E-state index contributed by atoms with van der Waals surface area (Å²) in [6.45, 7) is 6.11. The molecule has 1 N–H and O–H groups in total. The molecule has 3 rings (SSSR count). The minimum Gasteiger partial charge on any atom is -0.378 e. The average molecular weight is 273 g/mol. The first-order chi connectivity index (χ1) is 9.74. The summed E-state index contributed by atoms with van der Waals surface area (Å²) >= 11 is 0. The Morgan fingerprint density at radius 2 is 1.90 bits per heavy atom. The number of rotatable bonds is 5. The van der Waals surface area contributed by atoms with Gasteiger partial charge in [0.2, 0.25) is 0 Å². The van der Waals surface area contributed by atoms with Crippen LogP contribution >= 0.6 is 0 Å². The van der Waals surface area contributed by atoms with E-state index in [0.717, 1.165) is 13.2 Å². The molecule has 2 nitrogen and oxygen atoms in total. The van der Waals surface area contributed by atoms with E-state index in [9.17, 15) is 0 Å². The molecule has 0 radical (unpaired) electrons. The number of benzene rings is 1. The highest BCUT2D eigenvalue weighted by Crippen LogP contribution is 2.54. The smallest absolute Gasteiger partial charge is 0.0661 e. The standard InChI is InChI=1S/C18H27NO/c1-3-20-17-12-16(18(17)10-4-5-11-18)19-13-15-8-6-14(2)7-9-15/h6-9,16-17,19H,3-5,10-13H2,1-2H3. The SMILES string of the molecule is CCOC1CC(NCc2ccc(C)cc2)C12CCCC2. The van der Waals surface area contributed by atoms with Crippen LogP contribution in [0.5, 0.6) is 0 Å². The van der Waals surface area contributed by atoms with Gasteiger partial charge in [-0.3, -0.25) is 0 Å². The van der Waals surface area contributed by atoms with E-state index in [2.05, 4.69) is 43.4 Å². The van der Waals surface area contributed by atoms with Gasteiger partial charge in [-0.05, 0) is 38.7 Å². The van der Waals surface area contributed by atoms with Crippen LogP contribution in [0.15, 0.2) is 24.3 Å². The van der Waals surface area contributed by atoms with Gasteiger partial charge in [0.05, 0.1) is 6.10 Å². The molecule has 2 unspecified atom stereocenters. The summed E-state index contributed by atoms with van der Waals surface area (Å²) in [5.74, 6) is 0. The van der Waals surface area contributed by atoms with E-state index in [1.165, 1.54) is 43.2 Å². The minimum atomic E-state index is 0.445. The fourth-order valence-electron chi connectivity index (χ4n) is 4.12. The molecule has 110 valence electrons. The van der Waals surface area contributed by atoms with E-state index in [-0.39, 0.29) is 0 Å². The second-order valence-electron chi connectivity index (χ2n) is 6.54. The van der Waals surface area contributed by atoms with Crippen molar-refractivity contribution in [3.63, 3.8) is 0 Å². The molecule has 2 atom stereocenters. The third-order valence-electron chi connectivity index (χ3n) is 5.36. The molecule has 0 bridgehead atoms. The van der Waals surface area contributed by atoms with Crippen molar-refractivity contribution in [2.24, 2.45) is 5.41 Å². The summed E-state index contributed by atoms with van der Waals surface area (Å²) in [6.07, 6.45) is 7.16. The van der Waals surface area contributed by atoms with Gasteiger partial charge in [0.25, 0.3) is 0 Å². The first-order valence-corrected chi connectivity index (χ1v) is 8.15. The Balaban J connectivity index is 1.59. The van der Waals surface area contributed by atoms with Gasteiger partial charge in [-0.1, -0.05) is 42.7 Å². The second kappa shape index (κ2) is 5.87. The summed E-state index contributed by atoms with van der Waals surface area (Å²) in [5.41, 5.74) is 3.17. The number of hydrogen-bond acceptors (Lipinski definition) is 2. The molecule has 1 aromatic carbocycles. The molecule has 0 heterocycles. The van der Waals surface area contributed by atoms with Gasteiger partial charge in [0.15, 0.2) is 0 Å². The predicted molar refractivity (Wildman–Crippen MR) is 82.7 cm³/mol. The lowest BCUT2D eigenvalue weighted by Gasteiger charge is -2.54. The van der Waals surface area contributed by atoms with Gasteiger partial charge in [0, 0.05) is 24.6 Å². The average Bonchev–Trinajstić information content (AvgIpc) is 2.96. The van der Waals surface area contributed by atoms with Crippen LogP contribution in [0.2, 0.25) is 0 Å². The first-order valence-electron chi connectivity index (χ1n) is 8.15. The van der Waals surface area contributed by atoms with Crippen molar-refractivity contribution in [1.82, 2.24) is 5.32 Å². The van der Waals surface area contributed by atoms with Crippen molar-refractivity contribution in [2.75, 3.05) is 6.61 Å². The maximum Gasteiger partial charge on any atom is 0.0661 e. The number of hydrogen-bond donors (Lipinski definition) is 1. The largest absolute Gasteiger partial charge is 0.378 e. The molecule has 20 heavy (non-hydrogen) atoms. The molecule has 1 aromatic rings. The molecule has 1 spiro atoms. The molecule has 2 saturated carbocycles. The van der Waals surface area contributed by atoms with Crippen LogP contribution in [0.3, 0.4) is 0 Å². The van der Waals surface area contributed by atoms with Gasteiger partial charge in [-0.25, -0.2) is 0 Å². The zero-order valence-corrected chi connectivity index (χ0v) is 12.8. The van der Waals surface area contributed by atoms with Crippen LogP contribution < -0.4 is 5.32 Å². The highest BCUT2D eigenvalue weighted by Gasteiger charge is 2.56. The zero-order chi connectivity index (χ0) is 14.0. The zero-order valence-electron chi connectivity index (χ0n) is 12.8. The van der Waals surface area contributed by atoms with E-state index >= 15 is 0 Å². The second-order valence-corrected chi connectivity index (χ2v) is 6.54. The van der Waals surface area contributed by atoms with Crippen molar-refractivity contribution in [3.8, 4) is 0 Å². The fourth-order valence-corrected chi connectivity index (χ4v) is 4.12. The molecule has 0 saturated heterocycles. The molecular weight excluding hydrogens is 246 g/mol. The maximum absolute atomic E-state index is 5.97. The van der Waals surface area contributed by atoms with Crippen molar-refractivity contribution < 1.29 is 4.74 Å². The van der Waals surface area contributed by atoms with Crippen LogP contribution in [0.1, 0.15) is 50.2 Å². The lowest BCUT2D eigenvalue weighted by Crippen LogP contribution is -2.62. The van der Waals surface area contributed by atoms with Crippen molar-refractivity contribution in [2.45, 2.75) is 64.6 Å². The van der Waals surface area contributed by atoms with Crippen molar-refractivity contribution in [3.05, 3.63) is 35.4 Å². The van der Waals surface area contributed by atoms with Gasteiger partial charge in [-0.15, -0.1) is 0 Å². The van der Waals surface area contributed by atoms with E-state index < -0.39 is 0 Å². The molecule has 2 aliphatic rings. The molecule has 2 heteroatoms. The Hall–Kier alpha value is -0.860. The predicted octanol–water partition coefficient (Wildman–Crippen LogP) is 3.82. The van der Waals surface area contributed by atoms with Crippen LogP contribution in [-0.2, 0) is 11.3 Å². The number of aryl methyl sites for hydroxylation is 1. The monoisotopic (exact) mass is 273 g/mol. The Bertz CT molecular complexity index is 433. The van der Waals surface area contributed by atoms with Crippen molar-refractivity contribution >= 4 is 0 Å². The lowest BCUT2D eigenvalue weighted by molar-refractivity contribution is -0.130. The molecule has 2 aliphatic carbocycles. The minimum absolute atomic E-state index is 0.445. The Morgan fingerprint density at radius 3 is 2.55 bits per heavy atom. The molecule has 0 aliphatic heterocycles.